The Kier molecular flexibility index (Phi) is 19.2. The number of unbranched alkanes of at least 4 members (excludes halogenated alkanes) is 7. The molecule has 0 aromatic heterocycles. The van der Waals surface area contributed by atoms with E-state index in [1.165, 1.54) is 0 Å². The maximum atomic E-state index is 12.2. The minimum atomic E-state index is -1.30. The summed E-state index contributed by atoms with van der Waals surface area (Å²) in [5.74, 6) is -5.83. The summed E-state index contributed by atoms with van der Waals surface area (Å²) >= 11 is 0. The second-order valence-electron chi connectivity index (χ2n) is 10.8. The quantitative estimate of drug-likeness (QED) is 0.0752. The van der Waals surface area contributed by atoms with E-state index in [1.54, 1.807) is 24.3 Å². The number of hydrogen-bond acceptors (Lipinski definition) is 9. The summed E-state index contributed by atoms with van der Waals surface area (Å²) in [5, 5.41) is 48.5. The Labute approximate surface area is 261 Å². The fourth-order valence-corrected chi connectivity index (χ4v) is 4.72. The highest BCUT2D eigenvalue weighted by atomic mass is 16.5. The lowest BCUT2D eigenvalue weighted by atomic mass is 10.0. The number of nitrogens with one attached hydrogen (secondary N) is 1. The van der Waals surface area contributed by atoms with Gasteiger partial charge in [0.2, 0.25) is 0 Å². The molecule has 1 aromatic rings. The van der Waals surface area contributed by atoms with Crippen molar-refractivity contribution < 1.29 is 59.0 Å². The van der Waals surface area contributed by atoms with Gasteiger partial charge in [0.05, 0.1) is 26.2 Å². The van der Waals surface area contributed by atoms with Gasteiger partial charge in [0.25, 0.3) is 5.91 Å². The van der Waals surface area contributed by atoms with E-state index in [-0.39, 0.29) is 31.9 Å². The molecule has 0 aliphatic heterocycles. The monoisotopic (exact) mass is 639 g/mol. The van der Waals surface area contributed by atoms with E-state index in [1.807, 2.05) is 0 Å². The standard InChI is InChI=1S/C30H45N3O12/c34-25(31-14-8-6-4-2-1-3-5-7-9-26(35)36)21-45-24-12-10-22(11-13-24)15-23(33(19-29(41)42)20-30(43)44)16-32(17-27(37)38)18-28(39)40/h10-13,23H,1-9,14-21H2,(H,31,34)(H,35,36)(H,37,38)(H,39,40)(H,41,42)(H,43,44). The Morgan fingerprint density at radius 2 is 1.13 bits per heavy atom. The molecule has 15 heteroatoms. The van der Waals surface area contributed by atoms with E-state index < -0.39 is 62.1 Å². The molecular formula is C30H45N3O12. The molecule has 0 bridgehead atoms. The van der Waals surface area contributed by atoms with Crippen molar-refractivity contribution in [2.45, 2.75) is 70.3 Å². The SMILES string of the molecule is O=C(O)CCCCCCCCCCNC(=O)COc1ccc(CC(CN(CC(=O)O)CC(=O)O)N(CC(=O)O)CC(=O)O)cc1. The minimum absolute atomic E-state index is 0.0851. The third-order valence-corrected chi connectivity index (χ3v) is 6.78. The molecule has 45 heavy (non-hydrogen) atoms. The third kappa shape index (κ3) is 20.4. The number of carbonyl (C=O) groups excluding carboxylic acids is 1. The van der Waals surface area contributed by atoms with Gasteiger partial charge in [-0.3, -0.25) is 38.6 Å². The van der Waals surface area contributed by atoms with Crippen LogP contribution in [0, 0.1) is 0 Å². The Hall–Kier alpha value is -4.24. The predicted molar refractivity (Wildman–Crippen MR) is 160 cm³/mol. The van der Waals surface area contributed by atoms with Crippen LogP contribution in [0.15, 0.2) is 24.3 Å². The lowest BCUT2D eigenvalue weighted by Crippen LogP contribution is -2.50. The normalized spacial score (nSPS) is 11.7. The highest BCUT2D eigenvalue weighted by Gasteiger charge is 2.27. The number of carbonyl (C=O) groups is 6. The van der Waals surface area contributed by atoms with E-state index in [2.05, 4.69) is 5.32 Å². The van der Waals surface area contributed by atoms with Crippen LogP contribution in [-0.4, -0.2) is 123 Å². The van der Waals surface area contributed by atoms with Crippen molar-refractivity contribution in [2.24, 2.45) is 0 Å². The minimum Gasteiger partial charge on any atom is -0.484 e. The van der Waals surface area contributed by atoms with Crippen LogP contribution in [0.3, 0.4) is 0 Å². The van der Waals surface area contributed by atoms with Gasteiger partial charge in [0.1, 0.15) is 5.75 Å². The fourth-order valence-electron chi connectivity index (χ4n) is 4.72. The van der Waals surface area contributed by atoms with Crippen LogP contribution < -0.4 is 10.1 Å². The molecule has 15 nitrogen and oxygen atoms in total. The molecule has 0 saturated carbocycles. The Bertz CT molecular complexity index is 1060. The summed E-state index contributed by atoms with van der Waals surface area (Å²) in [6, 6.07) is 5.62. The van der Waals surface area contributed by atoms with Crippen molar-refractivity contribution in [3.8, 4) is 5.75 Å². The molecule has 1 unspecified atom stereocenters. The number of carboxylic acid groups (broad SMARTS) is 5. The number of nitrogens with zero attached hydrogens (tertiary/aromatic N) is 2. The maximum absolute atomic E-state index is 12.2. The number of hydrogen-bond donors (Lipinski definition) is 6. The number of carboxylic acids is 5. The van der Waals surface area contributed by atoms with Gasteiger partial charge in [-0.1, -0.05) is 50.7 Å². The molecule has 0 fully saturated rings. The molecular weight excluding hydrogens is 594 g/mol. The van der Waals surface area contributed by atoms with Crippen LogP contribution in [0.25, 0.3) is 0 Å². The predicted octanol–water partition coefficient (Wildman–Crippen LogP) is 1.63. The molecule has 252 valence electrons. The lowest BCUT2D eigenvalue weighted by molar-refractivity contribution is -0.146. The van der Waals surface area contributed by atoms with Crippen molar-refractivity contribution in [3.63, 3.8) is 0 Å². The van der Waals surface area contributed by atoms with Crippen LogP contribution in [0.1, 0.15) is 63.4 Å². The van der Waals surface area contributed by atoms with Crippen LogP contribution in [0.5, 0.6) is 5.75 Å². The molecule has 0 heterocycles. The zero-order valence-electron chi connectivity index (χ0n) is 25.4. The van der Waals surface area contributed by atoms with Gasteiger partial charge in [0.15, 0.2) is 6.61 Å². The Morgan fingerprint density at radius 3 is 1.62 bits per heavy atom. The van der Waals surface area contributed by atoms with Crippen LogP contribution in [0.4, 0.5) is 0 Å². The topological polar surface area (TPSA) is 231 Å². The second-order valence-corrected chi connectivity index (χ2v) is 10.8. The number of rotatable bonds is 27. The van der Waals surface area contributed by atoms with E-state index >= 15 is 0 Å². The smallest absolute Gasteiger partial charge is 0.317 e. The Morgan fingerprint density at radius 1 is 0.644 bits per heavy atom. The molecule has 1 amide bonds. The van der Waals surface area contributed by atoms with Gasteiger partial charge >= 0.3 is 29.8 Å². The van der Waals surface area contributed by atoms with Crippen LogP contribution in [-0.2, 0) is 35.2 Å². The number of aliphatic carboxylic acids is 5. The highest BCUT2D eigenvalue weighted by molar-refractivity contribution is 5.77. The first-order valence-corrected chi connectivity index (χ1v) is 14.9. The van der Waals surface area contributed by atoms with E-state index in [0.717, 1.165) is 54.7 Å². The second kappa shape index (κ2) is 22.3. The summed E-state index contributed by atoms with van der Waals surface area (Å²) < 4.78 is 5.54. The van der Waals surface area contributed by atoms with Crippen molar-refractivity contribution >= 4 is 35.8 Å². The lowest BCUT2D eigenvalue weighted by Gasteiger charge is -2.33. The van der Waals surface area contributed by atoms with Crippen molar-refractivity contribution in [3.05, 3.63) is 29.8 Å². The molecule has 1 rings (SSSR count). The van der Waals surface area contributed by atoms with Crippen molar-refractivity contribution in [2.75, 3.05) is 45.9 Å². The molecule has 0 radical (unpaired) electrons. The molecule has 0 aliphatic rings. The van der Waals surface area contributed by atoms with Gasteiger partial charge in [-0.05, 0) is 37.0 Å². The van der Waals surface area contributed by atoms with E-state index in [0.29, 0.717) is 24.3 Å². The maximum Gasteiger partial charge on any atom is 0.317 e. The van der Waals surface area contributed by atoms with Gasteiger partial charge in [0, 0.05) is 25.6 Å². The fraction of sp³-hybridized carbons (Fsp3) is 0.600. The number of amides is 1. The first kappa shape index (κ1) is 38.8. The van der Waals surface area contributed by atoms with Crippen molar-refractivity contribution in [1.29, 1.82) is 0 Å². The third-order valence-electron chi connectivity index (χ3n) is 6.78. The first-order valence-electron chi connectivity index (χ1n) is 14.9. The molecule has 0 saturated heterocycles. The molecule has 0 spiro atoms. The van der Waals surface area contributed by atoms with Gasteiger partial charge in [-0.2, -0.15) is 0 Å². The zero-order chi connectivity index (χ0) is 33.6. The van der Waals surface area contributed by atoms with Crippen LogP contribution in [0.2, 0.25) is 0 Å². The van der Waals surface area contributed by atoms with Crippen LogP contribution >= 0.6 is 0 Å². The van der Waals surface area contributed by atoms with Crippen molar-refractivity contribution in [1.82, 2.24) is 15.1 Å². The average molecular weight is 640 g/mol. The van der Waals surface area contributed by atoms with E-state index in [4.69, 9.17) is 9.84 Å². The average Bonchev–Trinajstić information content (AvgIpc) is 2.93. The molecule has 6 N–H and O–H groups in total. The number of benzene rings is 1. The Balaban J connectivity index is 2.60. The summed E-state index contributed by atoms with van der Waals surface area (Å²) in [6.45, 7) is -2.48. The summed E-state index contributed by atoms with van der Waals surface area (Å²) in [4.78, 5) is 70.3. The highest BCUT2D eigenvalue weighted by Crippen LogP contribution is 2.17. The molecule has 1 atom stereocenters. The summed E-state index contributed by atoms with van der Waals surface area (Å²) in [6.07, 6.45) is 7.94. The largest absolute Gasteiger partial charge is 0.484 e. The van der Waals surface area contributed by atoms with E-state index in [9.17, 15) is 49.2 Å². The molecule has 0 aliphatic carbocycles. The summed E-state index contributed by atoms with van der Waals surface area (Å²) in [7, 11) is 0. The zero-order valence-corrected chi connectivity index (χ0v) is 25.4. The van der Waals surface area contributed by atoms with Gasteiger partial charge in [-0.15, -0.1) is 0 Å². The summed E-state index contributed by atoms with van der Waals surface area (Å²) in [5.41, 5.74) is 0.628. The van der Waals surface area contributed by atoms with Gasteiger partial charge in [-0.25, -0.2) is 0 Å². The number of ether oxygens (including phenoxy) is 1. The van der Waals surface area contributed by atoms with Gasteiger partial charge < -0.3 is 35.6 Å². The molecule has 1 aromatic carbocycles. The first-order chi connectivity index (χ1) is 21.3.